The molecule has 0 aliphatic rings. The molecule has 1 aromatic rings. The molecule has 0 bridgehead atoms. The van der Waals surface area contributed by atoms with Gasteiger partial charge in [-0.25, -0.2) is 0 Å². The third kappa shape index (κ3) is 5.50. The zero-order valence-electron chi connectivity index (χ0n) is 11.1. The molecule has 0 aromatic heterocycles. The van der Waals surface area contributed by atoms with Gasteiger partial charge in [0.25, 0.3) is 5.91 Å². The highest BCUT2D eigenvalue weighted by Gasteiger charge is 2.13. The molecule has 1 rings (SSSR count). The molecule has 5 nitrogen and oxygen atoms in total. The third-order valence-corrected chi connectivity index (χ3v) is 3.22. The van der Waals surface area contributed by atoms with E-state index in [-0.39, 0.29) is 18.4 Å². The summed E-state index contributed by atoms with van der Waals surface area (Å²) in [5.74, 6) is -0.696. The van der Waals surface area contributed by atoms with Crippen molar-refractivity contribution in [2.75, 3.05) is 33.7 Å². The summed E-state index contributed by atoms with van der Waals surface area (Å²) in [6, 6.07) is 6.99. The Morgan fingerprint density at radius 2 is 2.00 bits per heavy atom. The van der Waals surface area contributed by atoms with E-state index in [0.717, 1.165) is 13.1 Å². The number of hydrogen-bond acceptors (Lipinski definition) is 4. The first-order chi connectivity index (χ1) is 9.04. The van der Waals surface area contributed by atoms with Gasteiger partial charge < -0.3 is 5.32 Å². The second-order valence-electron chi connectivity index (χ2n) is 4.20. The topological polar surface area (TPSA) is 61.4 Å². The number of hydrogen-bond donors (Lipinski definition) is 2. The molecule has 6 heteroatoms. The zero-order valence-corrected chi connectivity index (χ0v) is 12.7. The summed E-state index contributed by atoms with van der Waals surface area (Å²) in [6.07, 6.45) is 0. The summed E-state index contributed by atoms with van der Waals surface area (Å²) in [6.45, 7) is 1.73. The van der Waals surface area contributed by atoms with E-state index in [9.17, 15) is 9.59 Å². The predicted molar refractivity (Wildman–Crippen MR) is 78.0 cm³/mol. The summed E-state index contributed by atoms with van der Waals surface area (Å²) in [7, 11) is 3.68. The van der Waals surface area contributed by atoms with Gasteiger partial charge >= 0.3 is 0 Å². The molecule has 0 atom stereocenters. The number of benzene rings is 1. The molecule has 0 heterocycles. The quantitative estimate of drug-likeness (QED) is 0.813. The van der Waals surface area contributed by atoms with Crippen molar-refractivity contribution < 1.29 is 9.59 Å². The zero-order chi connectivity index (χ0) is 14.3. The molecule has 0 aliphatic carbocycles. The number of halogens is 1. The molecule has 1 aromatic carbocycles. The number of rotatable bonds is 6. The van der Waals surface area contributed by atoms with Crippen LogP contribution in [0.15, 0.2) is 28.7 Å². The van der Waals surface area contributed by atoms with Gasteiger partial charge in [0.05, 0.1) is 12.1 Å². The second-order valence-corrected chi connectivity index (χ2v) is 5.05. The van der Waals surface area contributed by atoms with Crippen LogP contribution in [0.25, 0.3) is 0 Å². The second kappa shape index (κ2) is 8.04. The number of likely N-dealkylation sites (N-methyl/N-ethyl adjacent to an activating group) is 2. The molecule has 104 valence electrons. The van der Waals surface area contributed by atoms with Gasteiger partial charge in [0.2, 0.25) is 5.91 Å². The maximum atomic E-state index is 11.9. The molecule has 0 aliphatic heterocycles. The summed E-state index contributed by atoms with van der Waals surface area (Å²) >= 11 is 3.28. The molecule has 0 saturated heterocycles. The molecule has 2 amide bonds. The summed E-state index contributed by atoms with van der Waals surface area (Å²) in [5.41, 5.74) is 0.453. The van der Waals surface area contributed by atoms with Gasteiger partial charge in [-0.1, -0.05) is 12.1 Å². The number of carbonyl (C=O) groups excluding carboxylic acids is 2. The van der Waals surface area contributed by atoms with E-state index < -0.39 is 0 Å². The van der Waals surface area contributed by atoms with Crippen LogP contribution in [0.1, 0.15) is 10.4 Å². The lowest BCUT2D eigenvalue weighted by molar-refractivity contribution is -0.120. The molecule has 19 heavy (non-hydrogen) atoms. The first-order valence-electron chi connectivity index (χ1n) is 5.96. The van der Waals surface area contributed by atoms with Crippen LogP contribution in [0.4, 0.5) is 0 Å². The highest BCUT2D eigenvalue weighted by molar-refractivity contribution is 9.10. The number of nitrogens with one attached hydrogen (secondary N) is 2. The minimum absolute atomic E-state index is 0.192. The molecule has 2 N–H and O–H groups in total. The normalized spacial score (nSPS) is 10.5. The van der Waals surface area contributed by atoms with Gasteiger partial charge in [-0.3, -0.25) is 19.8 Å². The summed E-state index contributed by atoms with van der Waals surface area (Å²) in [5, 5.41) is 5.37. The smallest absolute Gasteiger partial charge is 0.259 e. The van der Waals surface area contributed by atoms with E-state index in [1.807, 2.05) is 25.1 Å². The van der Waals surface area contributed by atoms with Gasteiger partial charge in [0, 0.05) is 17.6 Å². The third-order valence-electron chi connectivity index (χ3n) is 2.53. The van der Waals surface area contributed by atoms with E-state index in [4.69, 9.17) is 0 Å². The van der Waals surface area contributed by atoms with Crippen LogP contribution >= 0.6 is 15.9 Å². The van der Waals surface area contributed by atoms with Crippen LogP contribution in [0.3, 0.4) is 0 Å². The molecule has 0 fully saturated rings. The Hall–Kier alpha value is -1.24. The fourth-order valence-electron chi connectivity index (χ4n) is 1.51. The van der Waals surface area contributed by atoms with Crippen molar-refractivity contribution in [2.45, 2.75) is 0 Å². The number of nitrogens with zero attached hydrogens (tertiary/aromatic N) is 1. The molecule has 0 radical (unpaired) electrons. The largest absolute Gasteiger partial charge is 0.318 e. The van der Waals surface area contributed by atoms with Gasteiger partial charge in [-0.2, -0.15) is 0 Å². The molecule has 0 saturated carbocycles. The van der Waals surface area contributed by atoms with E-state index in [0.29, 0.717) is 10.0 Å². The highest BCUT2D eigenvalue weighted by atomic mass is 79.9. The van der Waals surface area contributed by atoms with Crippen LogP contribution in [0.2, 0.25) is 0 Å². The lowest BCUT2D eigenvalue weighted by atomic mass is 10.2. The average Bonchev–Trinajstić information content (AvgIpc) is 2.36. The Balaban J connectivity index is 2.49. The molecular weight excluding hydrogens is 310 g/mol. The lowest BCUT2D eigenvalue weighted by Crippen LogP contribution is -2.40. The Bertz CT molecular complexity index is 451. The van der Waals surface area contributed by atoms with Crippen molar-refractivity contribution in [1.82, 2.24) is 15.5 Å². The van der Waals surface area contributed by atoms with E-state index in [2.05, 4.69) is 26.6 Å². The minimum atomic E-state index is -0.389. The SMILES string of the molecule is CNCCN(C)CC(=O)NC(=O)c1ccccc1Br. The van der Waals surface area contributed by atoms with Crippen molar-refractivity contribution in [1.29, 1.82) is 0 Å². The van der Waals surface area contributed by atoms with Crippen LogP contribution in [-0.4, -0.2) is 50.4 Å². The van der Waals surface area contributed by atoms with Crippen LogP contribution in [0.5, 0.6) is 0 Å². The monoisotopic (exact) mass is 327 g/mol. The maximum absolute atomic E-state index is 11.9. The first-order valence-corrected chi connectivity index (χ1v) is 6.75. The number of carbonyl (C=O) groups is 2. The van der Waals surface area contributed by atoms with Crippen LogP contribution in [0, 0.1) is 0 Å². The fourth-order valence-corrected chi connectivity index (χ4v) is 1.97. The van der Waals surface area contributed by atoms with Crippen LogP contribution in [-0.2, 0) is 4.79 Å². The number of imide groups is 1. The Morgan fingerprint density at radius 3 is 2.63 bits per heavy atom. The minimum Gasteiger partial charge on any atom is -0.318 e. The number of amides is 2. The Morgan fingerprint density at radius 1 is 1.32 bits per heavy atom. The Kier molecular flexibility index (Phi) is 6.69. The molecule has 0 spiro atoms. The Labute approximate surface area is 121 Å². The highest BCUT2D eigenvalue weighted by Crippen LogP contribution is 2.15. The van der Waals surface area contributed by atoms with E-state index >= 15 is 0 Å². The van der Waals surface area contributed by atoms with E-state index in [1.165, 1.54) is 0 Å². The summed E-state index contributed by atoms with van der Waals surface area (Å²) < 4.78 is 0.670. The van der Waals surface area contributed by atoms with Crippen molar-refractivity contribution in [3.63, 3.8) is 0 Å². The van der Waals surface area contributed by atoms with Crippen molar-refractivity contribution in [2.24, 2.45) is 0 Å². The molecular formula is C13H18BrN3O2. The van der Waals surface area contributed by atoms with Crippen LogP contribution < -0.4 is 10.6 Å². The van der Waals surface area contributed by atoms with Crippen molar-refractivity contribution in [3.8, 4) is 0 Å². The van der Waals surface area contributed by atoms with Crippen molar-refractivity contribution >= 4 is 27.7 Å². The van der Waals surface area contributed by atoms with Gasteiger partial charge in [-0.15, -0.1) is 0 Å². The first kappa shape index (κ1) is 15.8. The average molecular weight is 328 g/mol. The fraction of sp³-hybridized carbons (Fsp3) is 0.385. The van der Waals surface area contributed by atoms with Gasteiger partial charge in [-0.05, 0) is 42.2 Å². The summed E-state index contributed by atoms with van der Waals surface area (Å²) in [4.78, 5) is 25.4. The molecule has 0 unspecified atom stereocenters. The van der Waals surface area contributed by atoms with Gasteiger partial charge in [0.15, 0.2) is 0 Å². The lowest BCUT2D eigenvalue weighted by Gasteiger charge is -2.15. The van der Waals surface area contributed by atoms with Crippen molar-refractivity contribution in [3.05, 3.63) is 34.3 Å². The standard InChI is InChI=1S/C13H18BrN3O2/c1-15-7-8-17(2)9-12(18)16-13(19)10-5-3-4-6-11(10)14/h3-6,15H,7-9H2,1-2H3,(H,16,18,19). The maximum Gasteiger partial charge on any atom is 0.259 e. The van der Waals surface area contributed by atoms with E-state index in [1.54, 1.807) is 18.2 Å². The van der Waals surface area contributed by atoms with Gasteiger partial charge in [0.1, 0.15) is 0 Å². The predicted octanol–water partition coefficient (Wildman–Crippen LogP) is 0.857.